The maximum atomic E-state index is 12.1. The molecule has 0 amide bonds. The Labute approximate surface area is 134 Å². The van der Waals surface area contributed by atoms with Crippen molar-refractivity contribution in [3.8, 4) is 5.75 Å². The molecule has 0 radical (unpaired) electrons. The van der Waals surface area contributed by atoms with Crippen molar-refractivity contribution >= 4 is 69.7 Å². The zero-order valence-corrected chi connectivity index (χ0v) is 15.3. The third-order valence-electron chi connectivity index (χ3n) is 2.19. The zero-order chi connectivity index (χ0) is 13.1. The lowest BCUT2D eigenvalue weighted by atomic mass is 10.1. The fraction of sp³-hybridized carbons (Fsp3) is 0.364. The average molecular weight is 494 g/mol. The number of hydrogen-bond acceptors (Lipinski definition) is 2. The highest BCUT2D eigenvalue weighted by molar-refractivity contribution is 9.14. The number of ether oxygens (including phenoxy) is 1. The molecular formula is C11H10Br4O2. The molecule has 2 nitrogen and oxygen atoms in total. The minimum Gasteiger partial charge on any atom is -0.425 e. The molecule has 94 valence electrons. The molecule has 2 atom stereocenters. The van der Waals surface area contributed by atoms with Crippen LogP contribution in [0.5, 0.6) is 5.75 Å². The second kappa shape index (κ2) is 6.68. The topological polar surface area (TPSA) is 26.3 Å². The fourth-order valence-electron chi connectivity index (χ4n) is 1.02. The second-order valence-electron chi connectivity index (χ2n) is 3.46. The Morgan fingerprint density at radius 1 is 1.41 bits per heavy atom. The van der Waals surface area contributed by atoms with Gasteiger partial charge in [-0.1, -0.05) is 70.6 Å². The normalized spacial score (nSPS) is 16.1. The number of carbonyl (C=O) groups excluding carboxylic acids is 1. The first-order valence-electron chi connectivity index (χ1n) is 4.77. The van der Waals surface area contributed by atoms with Gasteiger partial charge in [0.25, 0.3) is 0 Å². The summed E-state index contributed by atoms with van der Waals surface area (Å²) in [5, 5.41) is 0.460. The van der Waals surface area contributed by atoms with Crippen molar-refractivity contribution < 1.29 is 9.53 Å². The van der Waals surface area contributed by atoms with E-state index in [1.54, 1.807) is 12.1 Å². The predicted molar refractivity (Wildman–Crippen MR) is 83.6 cm³/mol. The highest BCUT2D eigenvalue weighted by Gasteiger charge is 2.41. The molecule has 0 bridgehead atoms. The second-order valence-corrected chi connectivity index (χ2v) is 7.72. The summed E-state index contributed by atoms with van der Waals surface area (Å²) in [6, 6.07) is 7.12. The molecule has 0 aliphatic heterocycles. The van der Waals surface area contributed by atoms with Crippen LogP contribution in [0.2, 0.25) is 0 Å². The van der Waals surface area contributed by atoms with E-state index in [4.69, 9.17) is 4.74 Å². The van der Waals surface area contributed by atoms with Crippen LogP contribution < -0.4 is 4.74 Å². The van der Waals surface area contributed by atoms with Crippen LogP contribution in [0.25, 0.3) is 0 Å². The molecule has 2 unspecified atom stereocenters. The van der Waals surface area contributed by atoms with E-state index >= 15 is 0 Å². The summed E-state index contributed by atoms with van der Waals surface area (Å²) in [6.07, 6.45) is 0. The molecule has 6 heteroatoms. The molecule has 0 fully saturated rings. The first kappa shape index (κ1) is 15.7. The molecule has 17 heavy (non-hydrogen) atoms. The van der Waals surface area contributed by atoms with Crippen LogP contribution in [-0.4, -0.2) is 20.5 Å². The van der Waals surface area contributed by atoms with Gasteiger partial charge < -0.3 is 4.74 Å². The lowest BCUT2D eigenvalue weighted by Gasteiger charge is -2.25. The van der Waals surface area contributed by atoms with Gasteiger partial charge in [-0.3, -0.25) is 4.79 Å². The van der Waals surface area contributed by atoms with E-state index in [0.29, 0.717) is 11.1 Å². The molecular weight excluding hydrogens is 484 g/mol. The smallest absolute Gasteiger partial charge is 0.330 e. The number of esters is 1. The molecule has 0 saturated heterocycles. The standard InChI is InChI=1S/C11H10Br4O2/c1-7(13)11(15,6-12)10(16)17-9-4-2-8(14)3-5-9/h2-5,7H,6H2,1H3. The van der Waals surface area contributed by atoms with E-state index < -0.39 is 4.32 Å². The van der Waals surface area contributed by atoms with Crippen LogP contribution in [0.1, 0.15) is 6.92 Å². The molecule has 0 heterocycles. The van der Waals surface area contributed by atoms with E-state index in [1.165, 1.54) is 0 Å². The SMILES string of the molecule is CC(Br)C(Br)(CBr)C(=O)Oc1ccc(Br)cc1. The average Bonchev–Trinajstić information content (AvgIpc) is 2.30. The van der Waals surface area contributed by atoms with E-state index in [0.717, 1.165) is 4.47 Å². The van der Waals surface area contributed by atoms with Crippen LogP contribution in [0.4, 0.5) is 0 Å². The molecule has 1 rings (SSSR count). The van der Waals surface area contributed by atoms with Gasteiger partial charge in [0.05, 0.1) is 0 Å². The summed E-state index contributed by atoms with van der Waals surface area (Å²) in [5.41, 5.74) is 0. The Bertz CT molecular complexity index is 391. The quantitative estimate of drug-likeness (QED) is 0.346. The van der Waals surface area contributed by atoms with Crippen molar-refractivity contribution in [3.05, 3.63) is 28.7 Å². The van der Waals surface area contributed by atoms with Crippen molar-refractivity contribution in [1.82, 2.24) is 0 Å². The number of carbonyl (C=O) groups is 1. The summed E-state index contributed by atoms with van der Waals surface area (Å²) < 4.78 is 5.48. The molecule has 0 aliphatic rings. The predicted octanol–water partition coefficient (Wildman–Crippen LogP) is 4.67. The number of hydrogen-bond donors (Lipinski definition) is 0. The van der Waals surface area contributed by atoms with Crippen molar-refractivity contribution in [1.29, 1.82) is 0 Å². The van der Waals surface area contributed by atoms with E-state index in [1.807, 2.05) is 19.1 Å². The van der Waals surface area contributed by atoms with Gasteiger partial charge in [-0.2, -0.15) is 0 Å². The molecule has 0 spiro atoms. The fourth-order valence-corrected chi connectivity index (χ4v) is 2.86. The Balaban J connectivity index is 2.81. The Kier molecular flexibility index (Phi) is 6.16. The van der Waals surface area contributed by atoms with Gasteiger partial charge in [0.1, 0.15) is 10.1 Å². The van der Waals surface area contributed by atoms with Crippen molar-refractivity contribution in [3.63, 3.8) is 0 Å². The Morgan fingerprint density at radius 3 is 2.35 bits per heavy atom. The largest absolute Gasteiger partial charge is 0.425 e. The van der Waals surface area contributed by atoms with E-state index in [2.05, 4.69) is 63.7 Å². The summed E-state index contributed by atoms with van der Waals surface area (Å²) in [5.74, 6) is 0.192. The highest BCUT2D eigenvalue weighted by atomic mass is 79.9. The minimum atomic E-state index is -0.778. The minimum absolute atomic E-state index is 0.0580. The molecule has 0 saturated carbocycles. The lowest BCUT2D eigenvalue weighted by Crippen LogP contribution is -2.44. The first-order chi connectivity index (χ1) is 7.90. The highest BCUT2D eigenvalue weighted by Crippen LogP contribution is 2.32. The van der Waals surface area contributed by atoms with Gasteiger partial charge >= 0.3 is 5.97 Å². The maximum Gasteiger partial charge on any atom is 0.330 e. The van der Waals surface area contributed by atoms with Crippen LogP contribution in [-0.2, 0) is 4.79 Å². The third-order valence-corrected chi connectivity index (χ3v) is 7.04. The van der Waals surface area contributed by atoms with Crippen LogP contribution >= 0.6 is 63.7 Å². The summed E-state index contributed by atoms with van der Waals surface area (Å²) in [4.78, 5) is 12.0. The van der Waals surface area contributed by atoms with Crippen LogP contribution in [0.3, 0.4) is 0 Å². The van der Waals surface area contributed by atoms with E-state index in [-0.39, 0.29) is 10.8 Å². The first-order valence-corrected chi connectivity index (χ1v) is 8.39. The summed E-state index contributed by atoms with van der Waals surface area (Å²) in [7, 11) is 0. The molecule has 0 aromatic heterocycles. The van der Waals surface area contributed by atoms with Gasteiger partial charge in [0.2, 0.25) is 0 Å². The molecule has 1 aromatic carbocycles. The Hall–Kier alpha value is 0.610. The monoisotopic (exact) mass is 490 g/mol. The van der Waals surface area contributed by atoms with E-state index in [9.17, 15) is 4.79 Å². The molecule has 0 N–H and O–H groups in total. The van der Waals surface area contributed by atoms with Gasteiger partial charge in [-0.05, 0) is 24.3 Å². The van der Waals surface area contributed by atoms with Gasteiger partial charge in [-0.25, -0.2) is 0 Å². The van der Waals surface area contributed by atoms with Gasteiger partial charge in [0, 0.05) is 14.6 Å². The van der Waals surface area contributed by atoms with Gasteiger partial charge in [-0.15, -0.1) is 0 Å². The lowest BCUT2D eigenvalue weighted by molar-refractivity contribution is -0.136. The van der Waals surface area contributed by atoms with Crippen LogP contribution in [0, 0.1) is 0 Å². The zero-order valence-electron chi connectivity index (χ0n) is 8.92. The number of rotatable bonds is 4. The summed E-state index contributed by atoms with van der Waals surface area (Å²) in [6.45, 7) is 1.89. The van der Waals surface area contributed by atoms with Crippen molar-refractivity contribution in [2.75, 3.05) is 5.33 Å². The summed E-state index contributed by atoms with van der Waals surface area (Å²) >= 11 is 13.4. The maximum absolute atomic E-state index is 12.1. The molecule has 0 aliphatic carbocycles. The number of benzene rings is 1. The van der Waals surface area contributed by atoms with Crippen molar-refractivity contribution in [2.24, 2.45) is 0 Å². The third kappa shape index (κ3) is 4.04. The molecule has 1 aromatic rings. The van der Waals surface area contributed by atoms with Crippen LogP contribution in [0.15, 0.2) is 28.7 Å². The Morgan fingerprint density at radius 2 is 1.94 bits per heavy atom. The number of alkyl halides is 3. The van der Waals surface area contributed by atoms with Crippen molar-refractivity contribution in [2.45, 2.75) is 16.1 Å². The van der Waals surface area contributed by atoms with Gasteiger partial charge in [0.15, 0.2) is 0 Å². The number of halogens is 4.